The van der Waals surface area contributed by atoms with E-state index < -0.39 is 5.92 Å². The standard InChI is InChI=1S/C20H20ClN3O3/c1-12-3-4-16(10-18(12)21)23-20(27)14-9-19(26)24(11-14)17-7-5-15(6-8-17)22-13(2)25/h3-8,10,14H,9,11H2,1-2H3,(H,22,25)(H,23,27). The largest absolute Gasteiger partial charge is 0.326 e. The van der Waals surface area contributed by atoms with E-state index >= 15 is 0 Å². The first-order valence-corrected chi connectivity index (χ1v) is 8.96. The van der Waals surface area contributed by atoms with E-state index in [1.807, 2.05) is 13.0 Å². The zero-order valence-corrected chi connectivity index (χ0v) is 15.8. The van der Waals surface area contributed by atoms with Crippen molar-refractivity contribution in [3.8, 4) is 0 Å². The maximum Gasteiger partial charge on any atom is 0.229 e. The van der Waals surface area contributed by atoms with E-state index in [0.717, 1.165) is 5.56 Å². The smallest absolute Gasteiger partial charge is 0.229 e. The summed E-state index contributed by atoms with van der Waals surface area (Å²) in [6.45, 7) is 3.63. The molecule has 1 heterocycles. The van der Waals surface area contributed by atoms with E-state index in [1.165, 1.54) is 6.92 Å². The van der Waals surface area contributed by atoms with Crippen LogP contribution in [0, 0.1) is 12.8 Å². The monoisotopic (exact) mass is 385 g/mol. The molecule has 0 saturated carbocycles. The fraction of sp³-hybridized carbons (Fsp3) is 0.250. The zero-order valence-electron chi connectivity index (χ0n) is 15.1. The molecule has 1 unspecified atom stereocenters. The summed E-state index contributed by atoms with van der Waals surface area (Å²) in [5.74, 6) is -0.912. The lowest BCUT2D eigenvalue weighted by atomic mass is 10.1. The minimum absolute atomic E-state index is 0.107. The molecule has 1 aliphatic heterocycles. The van der Waals surface area contributed by atoms with Crippen LogP contribution < -0.4 is 15.5 Å². The van der Waals surface area contributed by atoms with Crippen LogP contribution in [-0.4, -0.2) is 24.3 Å². The number of nitrogens with one attached hydrogen (secondary N) is 2. The molecule has 0 aliphatic carbocycles. The van der Waals surface area contributed by atoms with Gasteiger partial charge >= 0.3 is 0 Å². The molecule has 2 aromatic carbocycles. The summed E-state index contributed by atoms with van der Waals surface area (Å²) in [5.41, 5.74) is 2.90. The highest BCUT2D eigenvalue weighted by Gasteiger charge is 2.35. The summed E-state index contributed by atoms with van der Waals surface area (Å²) in [6.07, 6.45) is 0.152. The lowest BCUT2D eigenvalue weighted by Gasteiger charge is -2.17. The van der Waals surface area contributed by atoms with Gasteiger partial charge in [-0.3, -0.25) is 14.4 Å². The third-order valence-corrected chi connectivity index (χ3v) is 4.84. The third-order valence-electron chi connectivity index (χ3n) is 4.43. The Morgan fingerprint density at radius 3 is 2.37 bits per heavy atom. The van der Waals surface area contributed by atoms with Crippen molar-refractivity contribution in [3.05, 3.63) is 53.1 Å². The van der Waals surface area contributed by atoms with Gasteiger partial charge in [0.15, 0.2) is 0 Å². The van der Waals surface area contributed by atoms with Crippen molar-refractivity contribution in [1.29, 1.82) is 0 Å². The van der Waals surface area contributed by atoms with Gasteiger partial charge in [0.05, 0.1) is 5.92 Å². The lowest BCUT2D eigenvalue weighted by Crippen LogP contribution is -2.28. The van der Waals surface area contributed by atoms with E-state index in [0.29, 0.717) is 28.6 Å². The van der Waals surface area contributed by atoms with Crippen LogP contribution in [0.5, 0.6) is 0 Å². The molecule has 0 radical (unpaired) electrons. The van der Waals surface area contributed by atoms with Crippen molar-refractivity contribution in [3.63, 3.8) is 0 Å². The summed E-state index contributed by atoms with van der Waals surface area (Å²) in [7, 11) is 0. The lowest BCUT2D eigenvalue weighted by molar-refractivity contribution is -0.122. The van der Waals surface area contributed by atoms with Crippen LogP contribution in [0.3, 0.4) is 0 Å². The van der Waals surface area contributed by atoms with Gasteiger partial charge < -0.3 is 15.5 Å². The van der Waals surface area contributed by atoms with Crippen molar-refractivity contribution in [2.45, 2.75) is 20.3 Å². The van der Waals surface area contributed by atoms with Crippen LogP contribution in [0.25, 0.3) is 0 Å². The average Bonchev–Trinajstić information content (AvgIpc) is 3.00. The Labute approximate surface area is 162 Å². The van der Waals surface area contributed by atoms with Crippen molar-refractivity contribution in [2.24, 2.45) is 5.92 Å². The first kappa shape index (κ1) is 18.9. The zero-order chi connectivity index (χ0) is 19.6. The Hall–Kier alpha value is -2.86. The molecule has 1 aliphatic rings. The Balaban J connectivity index is 1.66. The van der Waals surface area contributed by atoms with Gasteiger partial charge in [-0.1, -0.05) is 17.7 Å². The third kappa shape index (κ3) is 4.46. The van der Waals surface area contributed by atoms with Crippen LogP contribution in [0.2, 0.25) is 5.02 Å². The van der Waals surface area contributed by atoms with E-state index in [2.05, 4.69) is 10.6 Å². The number of rotatable bonds is 4. The number of amides is 3. The minimum atomic E-state index is -0.437. The molecule has 0 aromatic heterocycles. The molecular formula is C20H20ClN3O3. The van der Waals surface area contributed by atoms with Crippen molar-refractivity contribution >= 4 is 46.4 Å². The van der Waals surface area contributed by atoms with Crippen molar-refractivity contribution in [2.75, 3.05) is 22.1 Å². The maximum atomic E-state index is 12.5. The molecule has 1 atom stereocenters. The van der Waals surface area contributed by atoms with E-state index in [9.17, 15) is 14.4 Å². The SMILES string of the molecule is CC(=O)Nc1ccc(N2CC(C(=O)Nc3ccc(C)c(Cl)c3)CC2=O)cc1. The summed E-state index contributed by atoms with van der Waals surface area (Å²) in [4.78, 5) is 37.6. The Morgan fingerprint density at radius 1 is 1.07 bits per heavy atom. The van der Waals surface area contributed by atoms with Crippen molar-refractivity contribution in [1.82, 2.24) is 0 Å². The highest BCUT2D eigenvalue weighted by atomic mass is 35.5. The quantitative estimate of drug-likeness (QED) is 0.844. The number of benzene rings is 2. The maximum absolute atomic E-state index is 12.5. The minimum Gasteiger partial charge on any atom is -0.326 e. The van der Waals surface area contributed by atoms with Crippen LogP contribution in [0.15, 0.2) is 42.5 Å². The van der Waals surface area contributed by atoms with E-state index in [1.54, 1.807) is 41.3 Å². The fourth-order valence-electron chi connectivity index (χ4n) is 2.98. The van der Waals surface area contributed by atoms with Gasteiger partial charge in [0.2, 0.25) is 17.7 Å². The molecule has 2 aromatic rings. The molecule has 2 N–H and O–H groups in total. The van der Waals surface area contributed by atoms with Gasteiger partial charge in [0, 0.05) is 42.0 Å². The molecule has 140 valence electrons. The average molecular weight is 386 g/mol. The number of hydrogen-bond donors (Lipinski definition) is 2. The predicted octanol–water partition coefficient (Wildman–Crippen LogP) is 3.60. The van der Waals surface area contributed by atoms with Gasteiger partial charge in [-0.25, -0.2) is 0 Å². The van der Waals surface area contributed by atoms with Gasteiger partial charge in [-0.15, -0.1) is 0 Å². The topological polar surface area (TPSA) is 78.5 Å². The highest BCUT2D eigenvalue weighted by molar-refractivity contribution is 6.31. The van der Waals surface area contributed by atoms with E-state index in [4.69, 9.17) is 11.6 Å². The van der Waals surface area contributed by atoms with E-state index in [-0.39, 0.29) is 24.1 Å². The first-order chi connectivity index (χ1) is 12.8. The molecule has 3 amide bonds. The summed E-state index contributed by atoms with van der Waals surface area (Å²) >= 11 is 6.09. The molecular weight excluding hydrogens is 366 g/mol. The van der Waals surface area contributed by atoms with Crippen LogP contribution in [0.1, 0.15) is 18.9 Å². The Kier molecular flexibility index (Phi) is 5.46. The molecule has 6 nitrogen and oxygen atoms in total. The number of carbonyl (C=O) groups excluding carboxylic acids is 3. The van der Waals surface area contributed by atoms with Crippen molar-refractivity contribution < 1.29 is 14.4 Å². The van der Waals surface area contributed by atoms with Gasteiger partial charge in [-0.05, 0) is 48.9 Å². The molecule has 27 heavy (non-hydrogen) atoms. The Morgan fingerprint density at radius 2 is 1.74 bits per heavy atom. The molecule has 3 rings (SSSR count). The van der Waals surface area contributed by atoms with Gasteiger partial charge in [0.25, 0.3) is 0 Å². The van der Waals surface area contributed by atoms with Crippen LogP contribution in [-0.2, 0) is 14.4 Å². The summed E-state index contributed by atoms with van der Waals surface area (Å²) < 4.78 is 0. The number of anilines is 3. The van der Waals surface area contributed by atoms with Crippen LogP contribution >= 0.6 is 11.6 Å². The second kappa shape index (κ2) is 7.80. The first-order valence-electron chi connectivity index (χ1n) is 8.58. The number of carbonyl (C=O) groups is 3. The molecule has 1 saturated heterocycles. The number of halogens is 1. The molecule has 0 bridgehead atoms. The molecule has 0 spiro atoms. The predicted molar refractivity (Wildman–Crippen MR) is 106 cm³/mol. The summed E-state index contributed by atoms with van der Waals surface area (Å²) in [6, 6.07) is 12.3. The number of aryl methyl sites for hydroxylation is 1. The second-order valence-electron chi connectivity index (χ2n) is 6.59. The number of hydrogen-bond acceptors (Lipinski definition) is 3. The number of nitrogens with zero attached hydrogens (tertiary/aromatic N) is 1. The van der Waals surface area contributed by atoms with Gasteiger partial charge in [-0.2, -0.15) is 0 Å². The van der Waals surface area contributed by atoms with Gasteiger partial charge in [0.1, 0.15) is 0 Å². The van der Waals surface area contributed by atoms with Crippen LogP contribution in [0.4, 0.5) is 17.1 Å². The second-order valence-corrected chi connectivity index (χ2v) is 6.99. The molecule has 1 fully saturated rings. The summed E-state index contributed by atoms with van der Waals surface area (Å²) in [5, 5.41) is 6.08. The highest BCUT2D eigenvalue weighted by Crippen LogP contribution is 2.28. The normalized spacial score (nSPS) is 16.3. The molecule has 7 heteroatoms. The fourth-order valence-corrected chi connectivity index (χ4v) is 3.16. The Bertz CT molecular complexity index is 896.